The summed E-state index contributed by atoms with van der Waals surface area (Å²) in [6.07, 6.45) is 1.11. The number of oxime groups is 1. The van der Waals surface area contributed by atoms with Crippen molar-refractivity contribution in [2.75, 3.05) is 25.1 Å². The van der Waals surface area contributed by atoms with E-state index in [-0.39, 0.29) is 18.3 Å². The maximum Gasteiger partial charge on any atom is 0.224 e. The molecule has 7 nitrogen and oxygen atoms in total. The zero-order chi connectivity index (χ0) is 15.5. The van der Waals surface area contributed by atoms with Crippen LogP contribution in [0.25, 0.3) is 0 Å². The average molecular weight is 295 g/mol. The predicted octanol–water partition coefficient (Wildman–Crippen LogP) is 1.57. The summed E-state index contributed by atoms with van der Waals surface area (Å²) in [6.45, 7) is 3.17. The highest BCUT2D eigenvalue weighted by Gasteiger charge is 2.03. The summed E-state index contributed by atoms with van der Waals surface area (Å²) in [5.41, 5.74) is 5.98. The first-order chi connectivity index (χ1) is 10.2. The fourth-order valence-electron chi connectivity index (χ4n) is 1.52. The van der Waals surface area contributed by atoms with Crippen molar-refractivity contribution in [2.45, 2.75) is 19.8 Å². The van der Waals surface area contributed by atoms with Gasteiger partial charge in [0.2, 0.25) is 5.91 Å². The lowest BCUT2D eigenvalue weighted by Gasteiger charge is -2.08. The van der Waals surface area contributed by atoms with Crippen molar-refractivity contribution in [2.24, 2.45) is 10.9 Å². The van der Waals surface area contributed by atoms with Crippen LogP contribution in [0.4, 0.5) is 5.69 Å². The minimum Gasteiger partial charge on any atom is -0.486 e. The van der Waals surface area contributed by atoms with Gasteiger partial charge in [0.25, 0.3) is 0 Å². The first kappa shape index (κ1) is 16.8. The van der Waals surface area contributed by atoms with Gasteiger partial charge in [-0.2, -0.15) is 0 Å². The second-order valence-corrected chi connectivity index (χ2v) is 4.25. The highest BCUT2D eigenvalue weighted by atomic mass is 16.5. The number of carbonyl (C=O) groups is 1. The van der Waals surface area contributed by atoms with Crippen molar-refractivity contribution in [3.05, 3.63) is 24.3 Å². The molecule has 0 aliphatic rings. The molecular weight excluding hydrogens is 274 g/mol. The van der Waals surface area contributed by atoms with Crippen LogP contribution < -0.4 is 15.8 Å². The number of amidine groups is 1. The van der Waals surface area contributed by atoms with Crippen molar-refractivity contribution < 1.29 is 19.5 Å². The number of benzene rings is 1. The summed E-state index contributed by atoms with van der Waals surface area (Å²) < 4.78 is 10.4. The van der Waals surface area contributed by atoms with E-state index in [0.717, 1.165) is 0 Å². The third-order valence-corrected chi connectivity index (χ3v) is 2.55. The van der Waals surface area contributed by atoms with Crippen LogP contribution in [0.2, 0.25) is 0 Å². The van der Waals surface area contributed by atoms with Crippen molar-refractivity contribution in [3.63, 3.8) is 0 Å². The zero-order valence-corrected chi connectivity index (χ0v) is 12.0. The second-order valence-electron chi connectivity index (χ2n) is 4.25. The van der Waals surface area contributed by atoms with E-state index in [2.05, 4.69) is 10.5 Å². The summed E-state index contributed by atoms with van der Waals surface area (Å²) in [5, 5.41) is 14.0. The standard InChI is InChI=1S/C14H21N3O4/c1-2-20-9-3-4-14(18)16-11-5-7-12(8-6-11)21-10-13(15)17-19/h5-8,19H,2-4,9-10H2,1H3,(H2,15,17)(H,16,18). The molecule has 4 N–H and O–H groups in total. The molecule has 1 aromatic rings. The van der Waals surface area contributed by atoms with Crippen LogP contribution in [0.5, 0.6) is 5.75 Å². The summed E-state index contributed by atoms with van der Waals surface area (Å²) in [4.78, 5) is 11.7. The number of rotatable bonds is 9. The minimum atomic E-state index is -0.0555. The van der Waals surface area contributed by atoms with Gasteiger partial charge in [0.05, 0.1) is 0 Å². The molecule has 1 amide bonds. The van der Waals surface area contributed by atoms with Gasteiger partial charge in [-0.25, -0.2) is 0 Å². The lowest BCUT2D eigenvalue weighted by atomic mass is 10.2. The molecule has 21 heavy (non-hydrogen) atoms. The number of ether oxygens (including phenoxy) is 2. The minimum absolute atomic E-state index is 0.000363. The normalized spacial score (nSPS) is 11.2. The number of hydrogen-bond acceptors (Lipinski definition) is 5. The summed E-state index contributed by atoms with van der Waals surface area (Å²) in [6, 6.07) is 6.84. The molecule has 0 saturated carbocycles. The van der Waals surface area contributed by atoms with Crippen LogP contribution in [-0.2, 0) is 9.53 Å². The molecule has 1 rings (SSSR count). The van der Waals surface area contributed by atoms with Crippen LogP contribution in [0.15, 0.2) is 29.4 Å². The monoisotopic (exact) mass is 295 g/mol. The van der Waals surface area contributed by atoms with Gasteiger partial charge in [-0.15, -0.1) is 0 Å². The summed E-state index contributed by atoms with van der Waals surface area (Å²) >= 11 is 0. The number of anilines is 1. The van der Waals surface area contributed by atoms with E-state index in [4.69, 9.17) is 20.4 Å². The number of nitrogens with one attached hydrogen (secondary N) is 1. The maximum atomic E-state index is 11.7. The fourth-order valence-corrected chi connectivity index (χ4v) is 1.52. The topological polar surface area (TPSA) is 106 Å². The number of hydrogen-bond donors (Lipinski definition) is 3. The van der Waals surface area contributed by atoms with Gasteiger partial charge < -0.3 is 25.7 Å². The molecule has 0 radical (unpaired) electrons. The summed E-state index contributed by atoms with van der Waals surface area (Å²) in [7, 11) is 0. The third kappa shape index (κ3) is 7.17. The Morgan fingerprint density at radius 3 is 2.71 bits per heavy atom. The fraction of sp³-hybridized carbons (Fsp3) is 0.429. The molecular formula is C14H21N3O4. The molecule has 0 atom stereocenters. The van der Waals surface area contributed by atoms with Gasteiger partial charge >= 0.3 is 0 Å². The molecule has 0 aliphatic heterocycles. The average Bonchev–Trinajstić information content (AvgIpc) is 2.50. The number of nitrogens with two attached hydrogens (primary N) is 1. The Bertz CT molecular complexity index is 460. The zero-order valence-electron chi connectivity index (χ0n) is 12.0. The second kappa shape index (κ2) is 9.60. The van der Waals surface area contributed by atoms with Crippen molar-refractivity contribution in [3.8, 4) is 5.75 Å². The Labute approximate surface area is 123 Å². The highest BCUT2D eigenvalue weighted by Crippen LogP contribution is 2.15. The van der Waals surface area contributed by atoms with Crippen molar-refractivity contribution >= 4 is 17.4 Å². The Hall–Kier alpha value is -2.28. The van der Waals surface area contributed by atoms with E-state index in [1.807, 2.05) is 6.92 Å². The molecule has 7 heteroatoms. The summed E-state index contributed by atoms with van der Waals surface area (Å²) in [5.74, 6) is 0.498. The lowest BCUT2D eigenvalue weighted by Crippen LogP contribution is -2.20. The number of amides is 1. The number of nitrogens with zero attached hydrogens (tertiary/aromatic N) is 1. The van der Waals surface area contributed by atoms with E-state index in [1.54, 1.807) is 24.3 Å². The largest absolute Gasteiger partial charge is 0.486 e. The molecule has 0 aromatic heterocycles. The molecule has 0 heterocycles. The van der Waals surface area contributed by atoms with Crippen molar-refractivity contribution in [1.29, 1.82) is 0 Å². The predicted molar refractivity (Wildman–Crippen MR) is 79.7 cm³/mol. The van der Waals surface area contributed by atoms with Gasteiger partial charge in [0, 0.05) is 25.3 Å². The van der Waals surface area contributed by atoms with Crippen LogP contribution in [0.3, 0.4) is 0 Å². The molecule has 1 aromatic carbocycles. The van der Waals surface area contributed by atoms with E-state index >= 15 is 0 Å². The molecule has 0 unspecified atom stereocenters. The Kier molecular flexibility index (Phi) is 7.67. The van der Waals surface area contributed by atoms with Crippen LogP contribution in [-0.4, -0.2) is 36.8 Å². The van der Waals surface area contributed by atoms with E-state index in [9.17, 15) is 4.79 Å². The maximum absolute atomic E-state index is 11.7. The first-order valence-corrected chi connectivity index (χ1v) is 6.72. The molecule has 0 saturated heterocycles. The van der Waals surface area contributed by atoms with Crippen LogP contribution in [0.1, 0.15) is 19.8 Å². The first-order valence-electron chi connectivity index (χ1n) is 6.72. The lowest BCUT2D eigenvalue weighted by molar-refractivity contribution is -0.116. The van der Waals surface area contributed by atoms with Gasteiger partial charge in [-0.1, -0.05) is 5.16 Å². The third-order valence-electron chi connectivity index (χ3n) is 2.55. The smallest absolute Gasteiger partial charge is 0.224 e. The van der Waals surface area contributed by atoms with Gasteiger partial charge in [-0.05, 0) is 37.6 Å². The molecule has 0 bridgehead atoms. The van der Waals surface area contributed by atoms with E-state index in [0.29, 0.717) is 37.5 Å². The van der Waals surface area contributed by atoms with Gasteiger partial charge in [-0.3, -0.25) is 4.79 Å². The molecule has 0 spiro atoms. The Balaban J connectivity index is 2.34. The van der Waals surface area contributed by atoms with Gasteiger partial charge in [0.1, 0.15) is 12.4 Å². The van der Waals surface area contributed by atoms with Crippen molar-refractivity contribution in [1.82, 2.24) is 0 Å². The highest BCUT2D eigenvalue weighted by molar-refractivity contribution is 5.90. The molecule has 0 fully saturated rings. The molecule has 116 valence electrons. The number of carbonyl (C=O) groups excluding carboxylic acids is 1. The van der Waals surface area contributed by atoms with Crippen LogP contribution >= 0.6 is 0 Å². The Morgan fingerprint density at radius 2 is 2.10 bits per heavy atom. The van der Waals surface area contributed by atoms with Gasteiger partial charge in [0.15, 0.2) is 5.84 Å². The van der Waals surface area contributed by atoms with Crippen LogP contribution in [0, 0.1) is 0 Å². The quantitative estimate of drug-likeness (QED) is 0.211. The molecule has 0 aliphatic carbocycles. The van der Waals surface area contributed by atoms with E-state index < -0.39 is 0 Å². The Morgan fingerprint density at radius 1 is 1.38 bits per heavy atom. The van der Waals surface area contributed by atoms with E-state index in [1.165, 1.54) is 0 Å². The SMILES string of the molecule is CCOCCCC(=O)Nc1ccc(OC/C(N)=N/O)cc1.